The molecule has 180 valence electrons. The lowest BCUT2D eigenvalue weighted by Crippen LogP contribution is -2.30. The van der Waals surface area contributed by atoms with Crippen LogP contribution < -0.4 is 14.4 Å². The van der Waals surface area contributed by atoms with Gasteiger partial charge in [-0.3, -0.25) is 9.69 Å². The number of rotatable bonds is 7. The third-order valence-corrected chi connectivity index (χ3v) is 6.30. The monoisotopic (exact) mass is 498 g/mol. The molecule has 0 fully saturated rings. The third-order valence-electron chi connectivity index (χ3n) is 5.37. The van der Waals surface area contributed by atoms with E-state index in [4.69, 9.17) is 13.9 Å². The average Bonchev–Trinajstić information content (AvgIpc) is 3.53. The summed E-state index contributed by atoms with van der Waals surface area (Å²) < 4.78 is 16.4. The highest BCUT2D eigenvalue weighted by atomic mass is 32.2. The second-order valence-corrected chi connectivity index (χ2v) is 8.64. The SMILES string of the molecule is COc1ccc(C=C2N=C(SCc3nnc(-c4ccccc4)o3)N(c3cccc(OC)c3)C2=O)cc1. The van der Waals surface area contributed by atoms with Crippen LogP contribution in [0.25, 0.3) is 17.5 Å². The van der Waals surface area contributed by atoms with E-state index in [1.54, 1.807) is 31.3 Å². The maximum absolute atomic E-state index is 13.5. The van der Waals surface area contributed by atoms with Gasteiger partial charge < -0.3 is 13.9 Å². The number of aliphatic imine (C=N–C) groups is 1. The van der Waals surface area contributed by atoms with Crippen LogP contribution in [0.15, 0.2) is 94.0 Å². The number of methoxy groups -OCH3 is 2. The van der Waals surface area contributed by atoms with Crippen LogP contribution in [0.4, 0.5) is 5.69 Å². The first-order valence-corrected chi connectivity index (χ1v) is 12.1. The van der Waals surface area contributed by atoms with Crippen LogP contribution >= 0.6 is 11.8 Å². The minimum Gasteiger partial charge on any atom is -0.497 e. The Hall–Kier alpha value is -4.37. The van der Waals surface area contributed by atoms with Gasteiger partial charge in [0.2, 0.25) is 11.8 Å². The van der Waals surface area contributed by atoms with E-state index in [1.807, 2.05) is 72.8 Å². The van der Waals surface area contributed by atoms with Crippen LogP contribution in [0.2, 0.25) is 0 Å². The highest BCUT2D eigenvalue weighted by Gasteiger charge is 2.32. The first kappa shape index (κ1) is 23.4. The number of amides is 1. The molecule has 2 heterocycles. The first-order valence-electron chi connectivity index (χ1n) is 11.1. The molecule has 9 heteroatoms. The van der Waals surface area contributed by atoms with Gasteiger partial charge in [-0.05, 0) is 48.0 Å². The molecule has 1 aliphatic heterocycles. The van der Waals surface area contributed by atoms with E-state index in [0.717, 1.165) is 16.9 Å². The molecular weight excluding hydrogens is 476 g/mol. The van der Waals surface area contributed by atoms with Crippen molar-refractivity contribution in [2.45, 2.75) is 5.75 Å². The van der Waals surface area contributed by atoms with E-state index < -0.39 is 0 Å². The molecule has 3 aromatic carbocycles. The minimum absolute atomic E-state index is 0.239. The Labute approximate surface area is 212 Å². The van der Waals surface area contributed by atoms with Gasteiger partial charge >= 0.3 is 0 Å². The number of nitrogens with zero attached hydrogens (tertiary/aromatic N) is 4. The standard InChI is InChI=1S/C27H22N4O4S/c1-33-21-13-11-18(12-14-21)15-23-26(32)31(20-9-6-10-22(16-20)34-2)27(28-23)36-17-24-29-30-25(35-24)19-7-4-3-5-8-19/h3-16H,17H2,1-2H3. The van der Waals surface area contributed by atoms with E-state index in [-0.39, 0.29) is 5.91 Å². The summed E-state index contributed by atoms with van der Waals surface area (Å²) in [5.74, 6) is 2.37. The lowest BCUT2D eigenvalue weighted by Gasteiger charge is -2.18. The van der Waals surface area contributed by atoms with Crippen LogP contribution in [0.1, 0.15) is 11.5 Å². The molecule has 1 amide bonds. The summed E-state index contributed by atoms with van der Waals surface area (Å²) in [6.45, 7) is 0. The van der Waals surface area contributed by atoms with Gasteiger partial charge in [0.1, 0.15) is 17.2 Å². The molecule has 0 radical (unpaired) electrons. The lowest BCUT2D eigenvalue weighted by molar-refractivity contribution is -0.113. The Bertz CT molecular complexity index is 1430. The molecule has 1 aliphatic rings. The van der Waals surface area contributed by atoms with Gasteiger partial charge in [0.25, 0.3) is 5.91 Å². The Morgan fingerprint density at radius 3 is 2.44 bits per heavy atom. The molecule has 0 aliphatic carbocycles. The zero-order valence-corrected chi connectivity index (χ0v) is 20.4. The number of amidine groups is 1. The van der Waals surface area contributed by atoms with E-state index in [9.17, 15) is 4.79 Å². The van der Waals surface area contributed by atoms with Gasteiger partial charge in [0.15, 0.2) is 5.17 Å². The summed E-state index contributed by atoms with van der Waals surface area (Å²) in [5, 5.41) is 8.81. The summed E-state index contributed by atoms with van der Waals surface area (Å²) >= 11 is 1.34. The van der Waals surface area contributed by atoms with E-state index in [1.165, 1.54) is 11.8 Å². The predicted octanol–water partition coefficient (Wildman–Crippen LogP) is 5.43. The Balaban J connectivity index is 1.43. The van der Waals surface area contributed by atoms with Crippen molar-refractivity contribution in [3.8, 4) is 23.0 Å². The summed E-state index contributed by atoms with van der Waals surface area (Å²) in [7, 11) is 3.20. The molecule has 4 aromatic rings. The third kappa shape index (κ3) is 5.01. The fourth-order valence-corrected chi connectivity index (χ4v) is 4.41. The number of hydrogen-bond acceptors (Lipinski definition) is 8. The Kier molecular flexibility index (Phi) is 6.81. The lowest BCUT2D eigenvalue weighted by atomic mass is 10.2. The predicted molar refractivity (Wildman–Crippen MR) is 140 cm³/mol. The summed E-state index contributed by atoms with van der Waals surface area (Å²) in [6.07, 6.45) is 1.75. The van der Waals surface area contributed by atoms with Crippen LogP contribution in [0.3, 0.4) is 0 Å². The zero-order chi connectivity index (χ0) is 24.9. The van der Waals surface area contributed by atoms with Crippen molar-refractivity contribution in [2.24, 2.45) is 4.99 Å². The highest BCUT2D eigenvalue weighted by molar-refractivity contribution is 8.13. The van der Waals surface area contributed by atoms with E-state index in [0.29, 0.717) is 39.8 Å². The number of hydrogen-bond donors (Lipinski definition) is 0. The molecule has 1 aromatic heterocycles. The van der Waals surface area contributed by atoms with Crippen molar-refractivity contribution in [1.29, 1.82) is 0 Å². The molecule has 0 atom stereocenters. The Morgan fingerprint density at radius 2 is 1.69 bits per heavy atom. The van der Waals surface area contributed by atoms with Crippen molar-refractivity contribution >= 4 is 34.6 Å². The number of carbonyl (C=O) groups is 1. The number of carbonyl (C=O) groups excluding carboxylic acids is 1. The van der Waals surface area contributed by atoms with Crippen molar-refractivity contribution < 1.29 is 18.7 Å². The fourth-order valence-electron chi connectivity index (χ4n) is 3.56. The van der Waals surface area contributed by atoms with E-state index in [2.05, 4.69) is 15.2 Å². The second-order valence-electron chi connectivity index (χ2n) is 7.69. The Morgan fingerprint density at radius 1 is 0.917 bits per heavy atom. The fraction of sp³-hybridized carbons (Fsp3) is 0.111. The molecule has 36 heavy (non-hydrogen) atoms. The zero-order valence-electron chi connectivity index (χ0n) is 19.6. The maximum Gasteiger partial charge on any atom is 0.283 e. The second kappa shape index (κ2) is 10.5. The van der Waals surface area contributed by atoms with Crippen molar-refractivity contribution in [2.75, 3.05) is 19.1 Å². The molecule has 0 bridgehead atoms. The quantitative estimate of drug-likeness (QED) is 0.314. The number of aromatic nitrogens is 2. The molecular formula is C27H22N4O4S. The normalized spacial score (nSPS) is 14.3. The van der Waals surface area contributed by atoms with Gasteiger partial charge in [-0.1, -0.05) is 48.2 Å². The number of benzene rings is 3. The summed E-state index contributed by atoms with van der Waals surface area (Å²) in [6, 6.07) is 24.3. The van der Waals surface area contributed by atoms with Crippen molar-refractivity contribution in [3.63, 3.8) is 0 Å². The number of ether oxygens (including phenoxy) is 2. The van der Waals surface area contributed by atoms with Crippen LogP contribution in [0, 0.1) is 0 Å². The summed E-state index contributed by atoms with van der Waals surface area (Å²) in [5.41, 5.74) is 2.65. The van der Waals surface area contributed by atoms with Crippen molar-refractivity contribution in [1.82, 2.24) is 10.2 Å². The topological polar surface area (TPSA) is 90.1 Å². The first-order chi connectivity index (χ1) is 17.6. The highest BCUT2D eigenvalue weighted by Crippen LogP contribution is 2.33. The molecule has 0 spiro atoms. The van der Waals surface area contributed by atoms with Gasteiger partial charge in [-0.2, -0.15) is 0 Å². The van der Waals surface area contributed by atoms with Crippen LogP contribution in [-0.2, 0) is 10.5 Å². The number of thioether (sulfide) groups is 1. The average molecular weight is 499 g/mol. The van der Waals surface area contributed by atoms with Crippen LogP contribution in [0.5, 0.6) is 11.5 Å². The molecule has 0 unspecified atom stereocenters. The van der Waals surface area contributed by atoms with E-state index >= 15 is 0 Å². The minimum atomic E-state index is -0.239. The number of anilines is 1. The van der Waals surface area contributed by atoms with Crippen LogP contribution in [-0.4, -0.2) is 35.5 Å². The molecule has 0 N–H and O–H groups in total. The van der Waals surface area contributed by atoms with Crippen molar-refractivity contribution in [3.05, 3.63) is 96.0 Å². The molecule has 0 saturated carbocycles. The molecule has 5 rings (SSSR count). The van der Waals surface area contributed by atoms with Gasteiger partial charge in [-0.25, -0.2) is 4.99 Å². The van der Waals surface area contributed by atoms with Gasteiger partial charge in [-0.15, -0.1) is 10.2 Å². The van der Waals surface area contributed by atoms with Gasteiger partial charge in [0, 0.05) is 11.6 Å². The smallest absolute Gasteiger partial charge is 0.283 e. The summed E-state index contributed by atoms with van der Waals surface area (Å²) in [4.78, 5) is 19.7. The maximum atomic E-state index is 13.5. The van der Waals surface area contributed by atoms with Gasteiger partial charge in [0.05, 0.1) is 25.7 Å². The molecule has 0 saturated heterocycles. The molecule has 8 nitrogen and oxygen atoms in total. The largest absolute Gasteiger partial charge is 0.497 e.